The molecule has 0 fully saturated rings. The smallest absolute Gasteiger partial charge is 0.237 e. The number of carbonyl (C=O) groups excluding carboxylic acids is 2. The van der Waals surface area contributed by atoms with Crippen molar-refractivity contribution >= 4 is 45.9 Å². The van der Waals surface area contributed by atoms with Crippen molar-refractivity contribution in [1.82, 2.24) is 9.97 Å². The van der Waals surface area contributed by atoms with Crippen LogP contribution in [0.15, 0.2) is 59.9 Å². The zero-order valence-corrected chi connectivity index (χ0v) is 15.2. The van der Waals surface area contributed by atoms with Gasteiger partial charge in [0.25, 0.3) is 0 Å². The summed E-state index contributed by atoms with van der Waals surface area (Å²) < 4.78 is 0. The van der Waals surface area contributed by atoms with Gasteiger partial charge in [-0.1, -0.05) is 30.0 Å². The van der Waals surface area contributed by atoms with Crippen LogP contribution in [0.25, 0.3) is 10.9 Å². The molecule has 3 aromatic rings. The van der Waals surface area contributed by atoms with Crippen molar-refractivity contribution in [3.8, 4) is 0 Å². The summed E-state index contributed by atoms with van der Waals surface area (Å²) >= 11 is 1.39. The zero-order valence-electron chi connectivity index (χ0n) is 14.4. The first-order chi connectivity index (χ1) is 12.5. The zero-order chi connectivity index (χ0) is 18.5. The van der Waals surface area contributed by atoms with Gasteiger partial charge in [-0.05, 0) is 37.3 Å². The second-order valence-electron chi connectivity index (χ2n) is 5.70. The Hall–Kier alpha value is -2.93. The van der Waals surface area contributed by atoms with E-state index in [4.69, 9.17) is 0 Å². The van der Waals surface area contributed by atoms with E-state index in [2.05, 4.69) is 20.6 Å². The average Bonchev–Trinajstić information content (AvgIpc) is 2.63. The summed E-state index contributed by atoms with van der Waals surface area (Å²) in [4.78, 5) is 32.1. The molecular formula is C19H18N4O2S. The van der Waals surface area contributed by atoms with E-state index in [0.29, 0.717) is 11.4 Å². The molecule has 0 unspecified atom stereocenters. The number of fused-ring (bicyclic) bond motifs is 1. The lowest BCUT2D eigenvalue weighted by Crippen LogP contribution is -2.22. The molecule has 1 heterocycles. The Labute approximate surface area is 155 Å². The second kappa shape index (κ2) is 7.97. The van der Waals surface area contributed by atoms with E-state index in [1.165, 1.54) is 25.0 Å². The van der Waals surface area contributed by atoms with Crippen LogP contribution in [0.5, 0.6) is 0 Å². The minimum atomic E-state index is -0.330. The standard InChI is InChI=1S/C19H18N4O2S/c1-12(26-19-16-5-3-4-6-17(16)20-11-21-19)18(25)23-15-9-7-14(8-10-15)22-13(2)24/h3-12H,1-2H3,(H,22,24)(H,23,25)/t12-/m1/s1. The van der Waals surface area contributed by atoms with Crippen molar-refractivity contribution in [3.05, 3.63) is 54.9 Å². The number of hydrogen-bond acceptors (Lipinski definition) is 5. The molecule has 2 amide bonds. The maximum absolute atomic E-state index is 12.5. The van der Waals surface area contributed by atoms with Gasteiger partial charge in [0.05, 0.1) is 10.8 Å². The molecule has 3 rings (SSSR count). The Morgan fingerprint density at radius 1 is 0.962 bits per heavy atom. The van der Waals surface area contributed by atoms with Crippen LogP contribution >= 0.6 is 11.8 Å². The molecule has 2 N–H and O–H groups in total. The first-order valence-corrected chi connectivity index (χ1v) is 8.96. The molecule has 0 bridgehead atoms. The number of para-hydroxylation sites is 1. The normalized spacial score (nSPS) is 11.8. The number of nitrogens with one attached hydrogen (secondary N) is 2. The summed E-state index contributed by atoms with van der Waals surface area (Å²) in [5, 5.41) is 6.94. The molecule has 0 saturated heterocycles. The van der Waals surface area contributed by atoms with Crippen LogP contribution in [0.2, 0.25) is 0 Å². The Balaban J connectivity index is 1.67. The van der Waals surface area contributed by atoms with Gasteiger partial charge >= 0.3 is 0 Å². The van der Waals surface area contributed by atoms with Gasteiger partial charge in [-0.3, -0.25) is 9.59 Å². The number of benzene rings is 2. The third-order valence-corrected chi connectivity index (χ3v) is 4.75. The van der Waals surface area contributed by atoms with Gasteiger partial charge in [0.15, 0.2) is 0 Å². The van der Waals surface area contributed by atoms with E-state index >= 15 is 0 Å². The number of rotatable bonds is 5. The summed E-state index contributed by atoms with van der Waals surface area (Å²) in [6, 6.07) is 14.7. The molecule has 0 aliphatic heterocycles. The van der Waals surface area contributed by atoms with Crippen molar-refractivity contribution in [2.45, 2.75) is 24.1 Å². The lowest BCUT2D eigenvalue weighted by Gasteiger charge is -2.13. The molecule has 26 heavy (non-hydrogen) atoms. The van der Waals surface area contributed by atoms with E-state index in [0.717, 1.165) is 15.9 Å². The highest BCUT2D eigenvalue weighted by molar-refractivity contribution is 8.00. The monoisotopic (exact) mass is 366 g/mol. The molecule has 0 aliphatic carbocycles. The van der Waals surface area contributed by atoms with Crippen molar-refractivity contribution in [1.29, 1.82) is 0 Å². The van der Waals surface area contributed by atoms with Crippen LogP contribution in [-0.2, 0) is 9.59 Å². The molecule has 132 valence electrons. The minimum absolute atomic E-state index is 0.120. The fourth-order valence-electron chi connectivity index (χ4n) is 2.38. The second-order valence-corrected chi connectivity index (χ2v) is 7.03. The number of aromatic nitrogens is 2. The molecule has 0 radical (unpaired) electrons. The summed E-state index contributed by atoms with van der Waals surface area (Å²) in [7, 11) is 0. The van der Waals surface area contributed by atoms with Gasteiger partial charge in [-0.25, -0.2) is 9.97 Å². The fourth-order valence-corrected chi connectivity index (χ4v) is 3.29. The highest BCUT2D eigenvalue weighted by Crippen LogP contribution is 2.28. The number of carbonyl (C=O) groups is 2. The van der Waals surface area contributed by atoms with Crippen molar-refractivity contribution < 1.29 is 9.59 Å². The van der Waals surface area contributed by atoms with Crippen LogP contribution < -0.4 is 10.6 Å². The molecule has 0 spiro atoms. The lowest BCUT2D eigenvalue weighted by molar-refractivity contribution is -0.115. The average molecular weight is 366 g/mol. The first-order valence-electron chi connectivity index (χ1n) is 8.08. The highest BCUT2D eigenvalue weighted by atomic mass is 32.2. The third-order valence-electron chi connectivity index (χ3n) is 3.64. The number of anilines is 2. The van der Waals surface area contributed by atoms with E-state index in [-0.39, 0.29) is 17.1 Å². The molecule has 1 aromatic heterocycles. The predicted molar refractivity (Wildman–Crippen MR) is 104 cm³/mol. The van der Waals surface area contributed by atoms with Gasteiger partial charge in [-0.15, -0.1) is 0 Å². The van der Waals surface area contributed by atoms with Crippen LogP contribution in [0.4, 0.5) is 11.4 Å². The molecule has 2 aromatic carbocycles. The molecule has 1 atom stereocenters. The summed E-state index contributed by atoms with van der Waals surface area (Å²) in [5.41, 5.74) is 2.21. The number of amides is 2. The lowest BCUT2D eigenvalue weighted by atomic mass is 10.2. The Bertz CT molecular complexity index is 938. The van der Waals surface area contributed by atoms with Gasteiger partial charge in [-0.2, -0.15) is 0 Å². The van der Waals surface area contributed by atoms with Crippen LogP contribution in [0.1, 0.15) is 13.8 Å². The first kappa shape index (κ1) is 17.9. The summed E-state index contributed by atoms with van der Waals surface area (Å²) in [6.45, 7) is 3.29. The topological polar surface area (TPSA) is 84.0 Å². The molecule has 6 nitrogen and oxygen atoms in total. The van der Waals surface area contributed by atoms with Crippen LogP contribution in [-0.4, -0.2) is 27.0 Å². The number of thioether (sulfide) groups is 1. The Morgan fingerprint density at radius 2 is 1.62 bits per heavy atom. The quantitative estimate of drug-likeness (QED) is 0.531. The van der Waals surface area contributed by atoms with Crippen molar-refractivity contribution in [2.24, 2.45) is 0 Å². The maximum atomic E-state index is 12.5. The van der Waals surface area contributed by atoms with Gasteiger partial charge in [0.1, 0.15) is 11.4 Å². The summed E-state index contributed by atoms with van der Waals surface area (Å²) in [5.74, 6) is -0.256. The van der Waals surface area contributed by atoms with Crippen LogP contribution in [0.3, 0.4) is 0 Å². The SMILES string of the molecule is CC(=O)Nc1ccc(NC(=O)[C@@H](C)Sc2ncnc3ccccc23)cc1. The molecular weight excluding hydrogens is 348 g/mol. The van der Waals surface area contributed by atoms with E-state index in [1.807, 2.05) is 31.2 Å². The summed E-state index contributed by atoms with van der Waals surface area (Å²) in [6.07, 6.45) is 1.51. The van der Waals surface area contributed by atoms with Crippen LogP contribution in [0, 0.1) is 0 Å². The molecule has 0 aliphatic rings. The van der Waals surface area contributed by atoms with Crippen molar-refractivity contribution in [2.75, 3.05) is 10.6 Å². The van der Waals surface area contributed by atoms with E-state index < -0.39 is 0 Å². The maximum Gasteiger partial charge on any atom is 0.237 e. The van der Waals surface area contributed by atoms with E-state index in [9.17, 15) is 9.59 Å². The van der Waals surface area contributed by atoms with Crippen molar-refractivity contribution in [3.63, 3.8) is 0 Å². The minimum Gasteiger partial charge on any atom is -0.326 e. The van der Waals surface area contributed by atoms with Gasteiger partial charge < -0.3 is 10.6 Å². The number of nitrogens with zero attached hydrogens (tertiary/aromatic N) is 2. The number of hydrogen-bond donors (Lipinski definition) is 2. The predicted octanol–water partition coefficient (Wildman–Crippen LogP) is 3.71. The largest absolute Gasteiger partial charge is 0.326 e. The Morgan fingerprint density at radius 3 is 2.31 bits per heavy atom. The van der Waals surface area contributed by atoms with Gasteiger partial charge in [0, 0.05) is 23.7 Å². The van der Waals surface area contributed by atoms with Gasteiger partial charge in [0.2, 0.25) is 11.8 Å². The highest BCUT2D eigenvalue weighted by Gasteiger charge is 2.17. The molecule has 0 saturated carbocycles. The van der Waals surface area contributed by atoms with E-state index in [1.54, 1.807) is 24.3 Å². The fraction of sp³-hybridized carbons (Fsp3) is 0.158. The third kappa shape index (κ3) is 4.37. The Kier molecular flexibility index (Phi) is 5.48. The molecule has 7 heteroatoms.